The molecule has 1 atom stereocenters. The van der Waals surface area contributed by atoms with Gasteiger partial charge in [-0.2, -0.15) is 4.98 Å². The maximum Gasteiger partial charge on any atom is 0.227 e. The summed E-state index contributed by atoms with van der Waals surface area (Å²) in [4.78, 5) is 4.20. The number of rotatable bonds is 4. The summed E-state index contributed by atoms with van der Waals surface area (Å²) in [6.07, 6.45) is 0.674. The van der Waals surface area contributed by atoms with Crippen molar-refractivity contribution in [3.8, 4) is 11.4 Å². The molecule has 1 aromatic heterocycles. The Labute approximate surface area is 112 Å². The summed E-state index contributed by atoms with van der Waals surface area (Å²) in [5, 5.41) is 13.0. The van der Waals surface area contributed by atoms with E-state index in [1.54, 1.807) is 13.0 Å². The van der Waals surface area contributed by atoms with Crippen molar-refractivity contribution in [1.82, 2.24) is 10.1 Å². The third-order valence-electron chi connectivity index (χ3n) is 2.42. The summed E-state index contributed by atoms with van der Waals surface area (Å²) < 4.78 is 18.6. The molecule has 0 saturated carbocycles. The molecule has 2 aromatic rings. The number of aromatic nitrogens is 2. The van der Waals surface area contributed by atoms with Crippen LogP contribution in [0.15, 0.2) is 27.2 Å². The van der Waals surface area contributed by atoms with Crippen LogP contribution in [0.3, 0.4) is 0 Å². The van der Waals surface area contributed by atoms with Crippen LogP contribution in [0.1, 0.15) is 19.2 Å². The van der Waals surface area contributed by atoms with Gasteiger partial charge in [0, 0.05) is 16.5 Å². The average molecular weight is 315 g/mol. The van der Waals surface area contributed by atoms with E-state index in [0.29, 0.717) is 34.6 Å². The molecule has 0 aliphatic heterocycles. The Morgan fingerprint density at radius 1 is 1.50 bits per heavy atom. The van der Waals surface area contributed by atoms with Crippen LogP contribution in [0.4, 0.5) is 4.39 Å². The van der Waals surface area contributed by atoms with E-state index in [1.807, 2.05) is 0 Å². The highest BCUT2D eigenvalue weighted by Gasteiger charge is 2.12. The van der Waals surface area contributed by atoms with Gasteiger partial charge in [-0.1, -0.05) is 5.16 Å². The molecular formula is C12H12BrFN2O2. The monoisotopic (exact) mass is 314 g/mol. The third kappa shape index (κ3) is 3.14. The van der Waals surface area contributed by atoms with E-state index in [1.165, 1.54) is 12.1 Å². The fraction of sp³-hybridized carbons (Fsp3) is 0.333. The molecule has 0 spiro atoms. The van der Waals surface area contributed by atoms with Gasteiger partial charge in [-0.05, 0) is 47.5 Å². The quantitative estimate of drug-likeness (QED) is 0.942. The minimum Gasteiger partial charge on any atom is -0.393 e. The van der Waals surface area contributed by atoms with Crippen molar-refractivity contribution in [2.45, 2.75) is 25.9 Å². The summed E-state index contributed by atoms with van der Waals surface area (Å²) in [5.74, 6) is 0.535. The van der Waals surface area contributed by atoms with Crippen LogP contribution in [0.25, 0.3) is 11.4 Å². The van der Waals surface area contributed by atoms with Crippen molar-refractivity contribution < 1.29 is 14.0 Å². The van der Waals surface area contributed by atoms with Gasteiger partial charge in [0.25, 0.3) is 0 Å². The smallest absolute Gasteiger partial charge is 0.227 e. The Hall–Kier alpha value is -1.27. The number of hydrogen-bond acceptors (Lipinski definition) is 4. The van der Waals surface area contributed by atoms with Crippen LogP contribution in [0.5, 0.6) is 0 Å². The van der Waals surface area contributed by atoms with E-state index in [-0.39, 0.29) is 5.82 Å². The standard InChI is InChI=1S/C12H12BrFN2O2/c1-7(17)2-5-11-15-12(16-18-11)9-4-3-8(14)6-10(9)13/h3-4,6-7,17H,2,5H2,1H3. The zero-order chi connectivity index (χ0) is 13.1. The predicted octanol–water partition coefficient (Wildman–Crippen LogP) is 2.95. The lowest BCUT2D eigenvalue weighted by atomic mass is 10.2. The van der Waals surface area contributed by atoms with Crippen LogP contribution >= 0.6 is 15.9 Å². The van der Waals surface area contributed by atoms with E-state index in [0.717, 1.165) is 0 Å². The van der Waals surface area contributed by atoms with Crippen molar-refractivity contribution in [3.05, 3.63) is 34.4 Å². The molecule has 1 aromatic carbocycles. The minimum absolute atomic E-state index is 0.330. The highest BCUT2D eigenvalue weighted by atomic mass is 79.9. The second-order valence-electron chi connectivity index (χ2n) is 4.02. The van der Waals surface area contributed by atoms with Crippen molar-refractivity contribution >= 4 is 15.9 Å². The summed E-state index contributed by atoms with van der Waals surface area (Å²) >= 11 is 3.25. The molecule has 0 amide bonds. The van der Waals surface area contributed by atoms with Gasteiger partial charge >= 0.3 is 0 Å². The molecule has 1 N–H and O–H groups in total. The zero-order valence-electron chi connectivity index (χ0n) is 9.73. The van der Waals surface area contributed by atoms with Crippen molar-refractivity contribution in [2.75, 3.05) is 0 Å². The molecule has 0 fully saturated rings. The van der Waals surface area contributed by atoms with Gasteiger partial charge in [0.15, 0.2) is 0 Å². The van der Waals surface area contributed by atoms with Crippen molar-refractivity contribution in [2.24, 2.45) is 0 Å². The highest BCUT2D eigenvalue weighted by Crippen LogP contribution is 2.26. The SMILES string of the molecule is CC(O)CCc1nc(-c2ccc(F)cc2Br)no1. The first kappa shape index (κ1) is 13.2. The Balaban J connectivity index is 2.18. The van der Waals surface area contributed by atoms with E-state index in [4.69, 9.17) is 4.52 Å². The normalized spacial score (nSPS) is 12.7. The van der Waals surface area contributed by atoms with Crippen molar-refractivity contribution in [1.29, 1.82) is 0 Å². The van der Waals surface area contributed by atoms with Crippen molar-refractivity contribution in [3.63, 3.8) is 0 Å². The summed E-state index contributed by atoms with van der Waals surface area (Å²) in [6.45, 7) is 1.70. The first-order valence-corrected chi connectivity index (χ1v) is 6.31. The fourth-order valence-corrected chi connectivity index (χ4v) is 2.00. The van der Waals surface area contributed by atoms with Gasteiger partial charge in [0.2, 0.25) is 11.7 Å². The van der Waals surface area contributed by atoms with E-state index in [9.17, 15) is 9.50 Å². The van der Waals surface area contributed by atoms with Crippen LogP contribution in [-0.2, 0) is 6.42 Å². The summed E-state index contributed by atoms with van der Waals surface area (Å²) in [7, 11) is 0. The second kappa shape index (κ2) is 5.58. The minimum atomic E-state index is -0.405. The van der Waals surface area contributed by atoms with Gasteiger partial charge < -0.3 is 9.63 Å². The molecule has 0 radical (unpaired) electrons. The molecule has 18 heavy (non-hydrogen) atoms. The largest absolute Gasteiger partial charge is 0.393 e. The number of benzene rings is 1. The predicted molar refractivity (Wildman–Crippen MR) is 67.4 cm³/mol. The molecule has 4 nitrogen and oxygen atoms in total. The van der Waals surface area contributed by atoms with Gasteiger partial charge in [0.05, 0.1) is 6.10 Å². The molecule has 0 saturated heterocycles. The molecule has 6 heteroatoms. The maximum atomic E-state index is 13.0. The number of aliphatic hydroxyl groups excluding tert-OH is 1. The molecule has 1 heterocycles. The number of halogens is 2. The Bertz CT molecular complexity index is 543. The van der Waals surface area contributed by atoms with Crippen LogP contribution < -0.4 is 0 Å². The van der Waals surface area contributed by atoms with Crippen LogP contribution in [0.2, 0.25) is 0 Å². The molecule has 0 bridgehead atoms. The molecule has 2 rings (SSSR count). The van der Waals surface area contributed by atoms with Gasteiger partial charge in [-0.3, -0.25) is 0 Å². The number of aliphatic hydroxyl groups is 1. The second-order valence-corrected chi connectivity index (χ2v) is 4.88. The lowest BCUT2D eigenvalue weighted by molar-refractivity contribution is 0.180. The lowest BCUT2D eigenvalue weighted by Crippen LogP contribution is -2.01. The third-order valence-corrected chi connectivity index (χ3v) is 3.07. The summed E-state index contributed by atoms with van der Waals surface area (Å²) in [5.41, 5.74) is 0.670. The fourth-order valence-electron chi connectivity index (χ4n) is 1.47. The molecular weight excluding hydrogens is 303 g/mol. The molecule has 0 aliphatic rings. The Morgan fingerprint density at radius 2 is 2.28 bits per heavy atom. The number of nitrogens with zero attached hydrogens (tertiary/aromatic N) is 2. The van der Waals surface area contributed by atoms with Gasteiger partial charge in [-0.15, -0.1) is 0 Å². The van der Waals surface area contributed by atoms with E-state index < -0.39 is 6.10 Å². The molecule has 0 aliphatic carbocycles. The molecule has 1 unspecified atom stereocenters. The summed E-state index contributed by atoms with van der Waals surface area (Å²) in [6, 6.07) is 4.27. The average Bonchev–Trinajstić information content (AvgIpc) is 2.75. The topological polar surface area (TPSA) is 59.2 Å². The number of aryl methyl sites for hydroxylation is 1. The number of hydrogen-bond donors (Lipinski definition) is 1. The van der Waals surface area contributed by atoms with E-state index >= 15 is 0 Å². The van der Waals surface area contributed by atoms with Gasteiger partial charge in [0.1, 0.15) is 5.82 Å². The van der Waals surface area contributed by atoms with Crippen LogP contribution in [0, 0.1) is 5.82 Å². The lowest BCUT2D eigenvalue weighted by Gasteiger charge is -1.99. The first-order chi connectivity index (χ1) is 8.56. The Kier molecular flexibility index (Phi) is 4.08. The molecule has 96 valence electrons. The van der Waals surface area contributed by atoms with Crippen LogP contribution in [-0.4, -0.2) is 21.4 Å². The zero-order valence-corrected chi connectivity index (χ0v) is 11.3. The Morgan fingerprint density at radius 3 is 2.94 bits per heavy atom. The van der Waals surface area contributed by atoms with E-state index in [2.05, 4.69) is 26.1 Å². The van der Waals surface area contributed by atoms with Gasteiger partial charge in [-0.25, -0.2) is 4.39 Å². The first-order valence-electron chi connectivity index (χ1n) is 5.52. The maximum absolute atomic E-state index is 13.0. The highest BCUT2D eigenvalue weighted by molar-refractivity contribution is 9.10.